The Morgan fingerprint density at radius 1 is 0.846 bits per heavy atom. The Bertz CT molecular complexity index is 964. The summed E-state index contributed by atoms with van der Waals surface area (Å²) in [5, 5.41) is 0. The summed E-state index contributed by atoms with van der Waals surface area (Å²) in [4.78, 5) is 23.4. The molecule has 3 aromatic rings. The van der Waals surface area contributed by atoms with Crippen molar-refractivity contribution in [1.82, 2.24) is 9.88 Å². The number of amides is 1. The zero-order valence-corrected chi connectivity index (χ0v) is 14.1. The fourth-order valence-electron chi connectivity index (χ4n) is 2.88. The average Bonchev–Trinajstić information content (AvgIpc) is 3.00. The van der Waals surface area contributed by atoms with Crippen molar-refractivity contribution in [3.63, 3.8) is 0 Å². The second-order valence-electron chi connectivity index (χ2n) is 5.99. The number of benzene rings is 2. The molecule has 26 heavy (non-hydrogen) atoms. The standard InChI is InChI=1S/C22H17N3O/c26-22-20(15-17-7-3-1-4-8-17)24-21(19-9-5-2-6-10-19)25(22)16-18-11-13-23-14-12-18/h1-15H,16H2/b20-15+. The minimum Gasteiger partial charge on any atom is -0.286 e. The molecule has 0 unspecified atom stereocenters. The summed E-state index contributed by atoms with van der Waals surface area (Å²) in [5.74, 6) is 0.583. The van der Waals surface area contributed by atoms with E-state index in [4.69, 9.17) is 0 Å². The molecule has 1 amide bonds. The summed E-state index contributed by atoms with van der Waals surface area (Å²) in [6.45, 7) is 0.460. The lowest BCUT2D eigenvalue weighted by Gasteiger charge is -2.18. The molecule has 0 saturated carbocycles. The lowest BCUT2D eigenvalue weighted by molar-refractivity contribution is -0.123. The Morgan fingerprint density at radius 3 is 2.19 bits per heavy atom. The maximum absolute atomic E-state index is 13.0. The fourth-order valence-corrected chi connectivity index (χ4v) is 2.88. The van der Waals surface area contributed by atoms with E-state index in [1.165, 1.54) is 0 Å². The summed E-state index contributed by atoms with van der Waals surface area (Å²) >= 11 is 0. The van der Waals surface area contributed by atoms with Gasteiger partial charge in [0.05, 0.1) is 6.54 Å². The molecule has 1 aromatic heterocycles. The van der Waals surface area contributed by atoms with Crippen molar-refractivity contribution in [2.75, 3.05) is 0 Å². The largest absolute Gasteiger partial charge is 0.286 e. The molecule has 4 heteroatoms. The highest BCUT2D eigenvalue weighted by Gasteiger charge is 2.31. The van der Waals surface area contributed by atoms with E-state index in [2.05, 4.69) is 9.98 Å². The lowest BCUT2D eigenvalue weighted by atomic mass is 10.1. The van der Waals surface area contributed by atoms with Crippen LogP contribution in [-0.2, 0) is 11.3 Å². The lowest BCUT2D eigenvalue weighted by Crippen LogP contribution is -2.32. The van der Waals surface area contributed by atoms with Gasteiger partial charge in [-0.25, -0.2) is 4.99 Å². The van der Waals surface area contributed by atoms with Gasteiger partial charge in [0.15, 0.2) is 0 Å². The maximum atomic E-state index is 13.0. The number of aliphatic imine (C=N–C) groups is 1. The quantitative estimate of drug-likeness (QED) is 0.677. The SMILES string of the molecule is O=C1/C(=C\c2ccccc2)N=C(c2ccccc2)N1Cc1ccncc1. The molecule has 126 valence electrons. The predicted octanol–water partition coefficient (Wildman–Crippen LogP) is 3.91. The first-order valence-electron chi connectivity index (χ1n) is 8.43. The van der Waals surface area contributed by atoms with Gasteiger partial charge in [0.1, 0.15) is 11.5 Å². The van der Waals surface area contributed by atoms with Gasteiger partial charge in [-0.1, -0.05) is 60.7 Å². The summed E-state index contributed by atoms with van der Waals surface area (Å²) in [6.07, 6.45) is 5.30. The van der Waals surface area contributed by atoms with Gasteiger partial charge in [-0.3, -0.25) is 14.7 Å². The molecule has 2 heterocycles. The molecule has 1 aliphatic heterocycles. The van der Waals surface area contributed by atoms with Crippen LogP contribution in [0.1, 0.15) is 16.7 Å². The van der Waals surface area contributed by atoms with Crippen LogP contribution in [0.5, 0.6) is 0 Å². The molecule has 0 saturated heterocycles. The van der Waals surface area contributed by atoms with Crippen molar-refractivity contribution >= 4 is 17.8 Å². The number of nitrogens with zero attached hydrogens (tertiary/aromatic N) is 3. The molecule has 0 spiro atoms. The third kappa shape index (κ3) is 3.30. The van der Waals surface area contributed by atoms with Crippen molar-refractivity contribution in [3.8, 4) is 0 Å². The zero-order valence-electron chi connectivity index (χ0n) is 14.1. The van der Waals surface area contributed by atoms with Crippen LogP contribution < -0.4 is 0 Å². The minimum atomic E-state index is -0.0930. The average molecular weight is 339 g/mol. The topological polar surface area (TPSA) is 45.6 Å². The summed E-state index contributed by atoms with van der Waals surface area (Å²) in [7, 11) is 0. The van der Waals surface area contributed by atoms with Gasteiger partial charge in [-0.15, -0.1) is 0 Å². The first kappa shape index (κ1) is 16.0. The highest BCUT2D eigenvalue weighted by molar-refractivity contribution is 6.19. The van der Waals surface area contributed by atoms with E-state index in [1.54, 1.807) is 17.3 Å². The van der Waals surface area contributed by atoms with E-state index < -0.39 is 0 Å². The molecule has 0 bridgehead atoms. The molecule has 1 aliphatic rings. The second-order valence-corrected chi connectivity index (χ2v) is 5.99. The molecule has 0 radical (unpaired) electrons. The summed E-state index contributed by atoms with van der Waals surface area (Å²) in [6, 6.07) is 23.4. The van der Waals surface area contributed by atoms with Crippen molar-refractivity contribution in [1.29, 1.82) is 0 Å². The Kier molecular flexibility index (Phi) is 4.39. The molecule has 2 aromatic carbocycles. The fraction of sp³-hybridized carbons (Fsp3) is 0.0455. The zero-order chi connectivity index (χ0) is 17.8. The highest BCUT2D eigenvalue weighted by Crippen LogP contribution is 2.23. The number of aromatic nitrogens is 1. The van der Waals surface area contributed by atoms with Crippen molar-refractivity contribution in [3.05, 3.63) is 108 Å². The van der Waals surface area contributed by atoms with Crippen molar-refractivity contribution < 1.29 is 4.79 Å². The van der Waals surface area contributed by atoms with E-state index in [9.17, 15) is 4.79 Å². The number of amidine groups is 1. The van der Waals surface area contributed by atoms with Crippen molar-refractivity contribution in [2.45, 2.75) is 6.54 Å². The van der Waals surface area contributed by atoms with Crippen LogP contribution in [-0.4, -0.2) is 21.6 Å². The first-order valence-corrected chi connectivity index (χ1v) is 8.43. The minimum absolute atomic E-state index is 0.0930. The molecular formula is C22H17N3O. The number of hydrogen-bond acceptors (Lipinski definition) is 3. The monoisotopic (exact) mass is 339 g/mol. The van der Waals surface area contributed by atoms with E-state index in [1.807, 2.05) is 78.9 Å². The number of rotatable bonds is 4. The Morgan fingerprint density at radius 2 is 1.50 bits per heavy atom. The third-order valence-electron chi connectivity index (χ3n) is 4.17. The number of hydrogen-bond donors (Lipinski definition) is 0. The van der Waals surface area contributed by atoms with Crippen LogP contribution in [0.15, 0.2) is 95.9 Å². The Labute approximate surface area is 152 Å². The van der Waals surface area contributed by atoms with Gasteiger partial charge in [-0.2, -0.15) is 0 Å². The van der Waals surface area contributed by atoms with Crippen LogP contribution in [0, 0.1) is 0 Å². The van der Waals surface area contributed by atoms with E-state index in [-0.39, 0.29) is 5.91 Å². The van der Waals surface area contributed by atoms with Gasteiger partial charge in [0.2, 0.25) is 0 Å². The Balaban J connectivity index is 1.73. The molecule has 0 N–H and O–H groups in total. The molecule has 0 aliphatic carbocycles. The Hall–Kier alpha value is -3.53. The second kappa shape index (κ2) is 7.15. The van der Waals surface area contributed by atoms with Crippen molar-refractivity contribution in [2.24, 2.45) is 4.99 Å². The van der Waals surface area contributed by atoms with Crippen LogP contribution >= 0.6 is 0 Å². The van der Waals surface area contributed by atoms with Gasteiger partial charge < -0.3 is 0 Å². The van der Waals surface area contributed by atoms with E-state index in [0.29, 0.717) is 18.1 Å². The first-order chi connectivity index (χ1) is 12.8. The van der Waals surface area contributed by atoms with Crippen LogP contribution in [0.4, 0.5) is 0 Å². The van der Waals surface area contributed by atoms with E-state index >= 15 is 0 Å². The highest BCUT2D eigenvalue weighted by atomic mass is 16.2. The van der Waals surface area contributed by atoms with Crippen LogP contribution in [0.2, 0.25) is 0 Å². The molecule has 0 atom stereocenters. The van der Waals surface area contributed by atoms with Gasteiger partial charge in [0, 0.05) is 18.0 Å². The predicted molar refractivity (Wildman–Crippen MR) is 102 cm³/mol. The molecule has 4 nitrogen and oxygen atoms in total. The van der Waals surface area contributed by atoms with Crippen LogP contribution in [0.3, 0.4) is 0 Å². The summed E-state index contributed by atoms with van der Waals surface area (Å²) < 4.78 is 0. The van der Waals surface area contributed by atoms with Gasteiger partial charge in [-0.05, 0) is 29.3 Å². The number of carbonyl (C=O) groups is 1. The molecule has 0 fully saturated rings. The summed E-state index contributed by atoms with van der Waals surface area (Å²) in [5.41, 5.74) is 3.34. The number of carbonyl (C=O) groups excluding carboxylic acids is 1. The smallest absolute Gasteiger partial charge is 0.278 e. The maximum Gasteiger partial charge on any atom is 0.278 e. The van der Waals surface area contributed by atoms with Gasteiger partial charge in [0.25, 0.3) is 5.91 Å². The normalized spacial score (nSPS) is 15.4. The van der Waals surface area contributed by atoms with Crippen LogP contribution in [0.25, 0.3) is 6.08 Å². The molecule has 4 rings (SSSR count). The third-order valence-corrected chi connectivity index (χ3v) is 4.17. The molecular weight excluding hydrogens is 322 g/mol. The van der Waals surface area contributed by atoms with E-state index in [0.717, 1.165) is 16.7 Å². The van der Waals surface area contributed by atoms with Gasteiger partial charge >= 0.3 is 0 Å². The number of pyridine rings is 1.